The van der Waals surface area contributed by atoms with Gasteiger partial charge in [0.25, 0.3) is 0 Å². The Hall–Kier alpha value is -4.21. The maximum absolute atomic E-state index is 4.43. The number of rotatable bonds is 3. The first kappa shape index (κ1) is 22.9. The Morgan fingerprint density at radius 2 is 1.84 bits per heavy atom. The number of hydrogen-bond donors (Lipinski definition) is 1. The van der Waals surface area contributed by atoms with Crippen molar-refractivity contribution in [1.29, 1.82) is 0 Å². The number of para-hydroxylation sites is 1. The Bertz CT molecular complexity index is 1880. The predicted molar refractivity (Wildman–Crippen MR) is 166 cm³/mol. The molecule has 184 valence electrons. The highest BCUT2D eigenvalue weighted by Crippen LogP contribution is 2.49. The normalized spacial score (nSPS) is 16.8. The van der Waals surface area contributed by atoms with Crippen LogP contribution in [0.5, 0.6) is 0 Å². The molecule has 4 aromatic carbocycles. The zero-order valence-corrected chi connectivity index (χ0v) is 22.2. The second kappa shape index (κ2) is 9.27. The summed E-state index contributed by atoms with van der Waals surface area (Å²) in [7, 11) is 0. The van der Waals surface area contributed by atoms with Crippen molar-refractivity contribution in [2.45, 2.75) is 24.7 Å². The standard InChI is InChI=1S/C35H28N2S/c1-3-4-17-31-23(2)38-33-21-19-25(22-32(33)37(31)26-12-6-5-7-13-26)28-15-10-16-29-34-27-14-9-8-11-24(27)18-20-30(34)36-35(28)29/h3-4,6,8-22,36H,2,5,7H2,1H3/b4-3-,31-17+. The molecular weight excluding hydrogens is 480 g/mol. The van der Waals surface area contributed by atoms with Crippen molar-refractivity contribution in [2.24, 2.45) is 0 Å². The summed E-state index contributed by atoms with van der Waals surface area (Å²) in [5.41, 5.74) is 8.31. The minimum absolute atomic E-state index is 1.05. The molecule has 0 unspecified atom stereocenters. The monoisotopic (exact) mass is 508 g/mol. The molecule has 0 atom stereocenters. The second-order valence-electron chi connectivity index (χ2n) is 9.79. The highest BCUT2D eigenvalue weighted by atomic mass is 32.2. The molecule has 0 fully saturated rings. The molecule has 2 nitrogen and oxygen atoms in total. The topological polar surface area (TPSA) is 19.0 Å². The Morgan fingerprint density at radius 1 is 0.947 bits per heavy atom. The van der Waals surface area contributed by atoms with E-state index in [9.17, 15) is 0 Å². The molecule has 0 amide bonds. The van der Waals surface area contributed by atoms with Gasteiger partial charge in [0.2, 0.25) is 0 Å². The molecule has 7 rings (SSSR count). The molecule has 1 aromatic heterocycles. The third kappa shape index (κ3) is 3.66. The lowest BCUT2D eigenvalue weighted by atomic mass is 9.99. The van der Waals surface area contributed by atoms with Crippen molar-refractivity contribution in [3.63, 3.8) is 0 Å². The number of aromatic nitrogens is 1. The largest absolute Gasteiger partial charge is 0.354 e. The van der Waals surface area contributed by atoms with Crippen molar-refractivity contribution in [1.82, 2.24) is 4.98 Å². The van der Waals surface area contributed by atoms with Crippen LogP contribution in [0.25, 0.3) is 43.7 Å². The number of H-pyrrole nitrogens is 1. The van der Waals surface area contributed by atoms with Gasteiger partial charge in [0.1, 0.15) is 0 Å². The van der Waals surface area contributed by atoms with Crippen LogP contribution in [0.15, 0.2) is 137 Å². The number of aromatic amines is 1. The fourth-order valence-corrected chi connectivity index (χ4v) is 6.64. The van der Waals surface area contributed by atoms with E-state index in [0.717, 1.165) is 23.4 Å². The molecule has 2 heterocycles. The molecule has 3 heteroatoms. The quantitative estimate of drug-likeness (QED) is 0.261. The average Bonchev–Trinajstić information content (AvgIpc) is 3.35. The Kier molecular flexibility index (Phi) is 5.60. The van der Waals surface area contributed by atoms with Gasteiger partial charge in [-0.15, -0.1) is 0 Å². The fourth-order valence-electron chi connectivity index (χ4n) is 5.72. The van der Waals surface area contributed by atoms with Crippen LogP contribution in [-0.4, -0.2) is 4.98 Å². The molecule has 38 heavy (non-hydrogen) atoms. The maximum Gasteiger partial charge on any atom is 0.0607 e. The van der Waals surface area contributed by atoms with Crippen LogP contribution in [0.3, 0.4) is 0 Å². The summed E-state index contributed by atoms with van der Waals surface area (Å²) >= 11 is 1.75. The summed E-state index contributed by atoms with van der Waals surface area (Å²) in [5, 5.41) is 5.11. The third-order valence-electron chi connectivity index (χ3n) is 7.47. The SMILES string of the molecule is C=C1Sc2ccc(-c3cccc4c3[nH]c3ccc5ccccc5c34)cc2N(C2=CCCC=C2)/C1=C/C=C\C. The van der Waals surface area contributed by atoms with Gasteiger partial charge in [0, 0.05) is 37.4 Å². The molecule has 0 spiro atoms. The van der Waals surface area contributed by atoms with Crippen molar-refractivity contribution >= 4 is 50.0 Å². The van der Waals surface area contributed by atoms with Gasteiger partial charge in [-0.05, 0) is 66.5 Å². The van der Waals surface area contributed by atoms with E-state index in [1.165, 1.54) is 60.0 Å². The number of nitrogens with one attached hydrogen (secondary N) is 1. The van der Waals surface area contributed by atoms with E-state index in [1.807, 2.05) is 0 Å². The van der Waals surface area contributed by atoms with Crippen molar-refractivity contribution in [2.75, 3.05) is 4.90 Å². The van der Waals surface area contributed by atoms with E-state index in [-0.39, 0.29) is 0 Å². The number of anilines is 1. The van der Waals surface area contributed by atoms with E-state index >= 15 is 0 Å². The molecule has 0 bridgehead atoms. The summed E-state index contributed by atoms with van der Waals surface area (Å²) in [4.78, 5) is 8.43. The van der Waals surface area contributed by atoms with Crippen LogP contribution < -0.4 is 4.90 Å². The molecule has 1 N–H and O–H groups in total. The summed E-state index contributed by atoms with van der Waals surface area (Å²) < 4.78 is 0. The van der Waals surface area contributed by atoms with Gasteiger partial charge < -0.3 is 9.88 Å². The van der Waals surface area contributed by atoms with Gasteiger partial charge in [-0.2, -0.15) is 0 Å². The lowest BCUT2D eigenvalue weighted by molar-refractivity contribution is 0.978. The van der Waals surface area contributed by atoms with Crippen LogP contribution >= 0.6 is 11.8 Å². The van der Waals surface area contributed by atoms with E-state index in [1.54, 1.807) is 11.8 Å². The molecule has 5 aromatic rings. The second-order valence-corrected chi connectivity index (χ2v) is 10.9. The lowest BCUT2D eigenvalue weighted by Gasteiger charge is -2.36. The zero-order chi connectivity index (χ0) is 25.6. The molecule has 0 radical (unpaired) electrons. The van der Waals surface area contributed by atoms with E-state index in [0.29, 0.717) is 0 Å². The van der Waals surface area contributed by atoms with Gasteiger partial charge >= 0.3 is 0 Å². The van der Waals surface area contributed by atoms with Crippen LogP contribution in [0.2, 0.25) is 0 Å². The van der Waals surface area contributed by atoms with E-state index in [2.05, 4.69) is 133 Å². The van der Waals surface area contributed by atoms with Gasteiger partial charge in [0.05, 0.1) is 16.9 Å². The number of allylic oxidation sites excluding steroid dienone is 6. The molecule has 1 aliphatic heterocycles. The highest BCUT2D eigenvalue weighted by Gasteiger charge is 2.27. The Labute approximate surface area is 227 Å². The first-order valence-corrected chi connectivity index (χ1v) is 14.0. The molecule has 1 aliphatic carbocycles. The van der Waals surface area contributed by atoms with E-state index in [4.69, 9.17) is 0 Å². The first-order valence-electron chi connectivity index (χ1n) is 13.2. The maximum atomic E-state index is 4.43. The zero-order valence-electron chi connectivity index (χ0n) is 21.4. The molecule has 2 aliphatic rings. The smallest absolute Gasteiger partial charge is 0.0607 e. The van der Waals surface area contributed by atoms with E-state index < -0.39 is 0 Å². The van der Waals surface area contributed by atoms with Crippen molar-refractivity contribution in [3.05, 3.63) is 132 Å². The summed E-state index contributed by atoms with van der Waals surface area (Å²) in [6.07, 6.45) is 15.3. The molecular formula is C35H28N2S. The number of hydrogen-bond acceptors (Lipinski definition) is 2. The highest BCUT2D eigenvalue weighted by molar-refractivity contribution is 8.03. The number of nitrogens with zero attached hydrogens (tertiary/aromatic N) is 1. The molecule has 0 saturated heterocycles. The first-order chi connectivity index (χ1) is 18.7. The van der Waals surface area contributed by atoms with Crippen LogP contribution in [0.1, 0.15) is 19.8 Å². The minimum Gasteiger partial charge on any atom is -0.354 e. The summed E-state index contributed by atoms with van der Waals surface area (Å²) in [5.74, 6) is 0. The fraction of sp³-hybridized carbons (Fsp3) is 0.0857. The molecule has 0 saturated carbocycles. The number of thioether (sulfide) groups is 1. The third-order valence-corrected chi connectivity index (χ3v) is 8.49. The van der Waals surface area contributed by atoms with Crippen LogP contribution in [-0.2, 0) is 0 Å². The minimum atomic E-state index is 1.05. The van der Waals surface area contributed by atoms with Crippen molar-refractivity contribution in [3.8, 4) is 11.1 Å². The van der Waals surface area contributed by atoms with Crippen molar-refractivity contribution < 1.29 is 0 Å². The Balaban J connectivity index is 1.45. The predicted octanol–water partition coefficient (Wildman–Crippen LogP) is 10.3. The van der Waals surface area contributed by atoms with Gasteiger partial charge in [-0.1, -0.05) is 97.2 Å². The van der Waals surface area contributed by atoms with Crippen LogP contribution in [0, 0.1) is 0 Å². The lowest BCUT2D eigenvalue weighted by Crippen LogP contribution is -2.25. The number of fused-ring (bicyclic) bond motifs is 6. The van der Waals surface area contributed by atoms with Gasteiger partial charge in [0.15, 0.2) is 0 Å². The van der Waals surface area contributed by atoms with Crippen LogP contribution in [0.4, 0.5) is 5.69 Å². The summed E-state index contributed by atoms with van der Waals surface area (Å²) in [6, 6.07) is 26.6. The Morgan fingerprint density at radius 3 is 2.71 bits per heavy atom. The average molecular weight is 509 g/mol. The van der Waals surface area contributed by atoms with Gasteiger partial charge in [-0.3, -0.25) is 0 Å². The van der Waals surface area contributed by atoms with Gasteiger partial charge in [-0.25, -0.2) is 0 Å². The summed E-state index contributed by atoms with van der Waals surface area (Å²) in [6.45, 7) is 6.48. The number of benzene rings is 4.